The number of hydrogen-bond acceptors (Lipinski definition) is 5. The number of anilines is 1. The van der Waals surface area contributed by atoms with Gasteiger partial charge in [-0.15, -0.1) is 0 Å². The summed E-state index contributed by atoms with van der Waals surface area (Å²) in [5.41, 5.74) is 2.06. The maximum Gasteiger partial charge on any atom is 0.490 e. The van der Waals surface area contributed by atoms with Crippen molar-refractivity contribution in [3.63, 3.8) is 0 Å². The molecule has 4 rings (SSSR count). The van der Waals surface area contributed by atoms with E-state index in [4.69, 9.17) is 9.90 Å². The zero-order valence-corrected chi connectivity index (χ0v) is 23.2. The van der Waals surface area contributed by atoms with Crippen molar-refractivity contribution in [1.82, 2.24) is 10.2 Å². The Morgan fingerprint density at radius 1 is 0.857 bits per heavy atom. The molecule has 0 bridgehead atoms. The maximum absolute atomic E-state index is 12.9. The summed E-state index contributed by atoms with van der Waals surface area (Å²) < 4.78 is 59.2. The van der Waals surface area contributed by atoms with E-state index in [0.717, 1.165) is 6.42 Å². The highest BCUT2D eigenvalue weighted by molar-refractivity contribution is 7.92. The number of benzene rings is 3. The molecular formula is C29H30F3N3O6S. The highest BCUT2D eigenvalue weighted by Gasteiger charge is 2.38. The number of halogens is 3. The molecule has 3 N–H and O–H groups in total. The van der Waals surface area contributed by atoms with Crippen molar-refractivity contribution in [3.05, 3.63) is 96.1 Å². The van der Waals surface area contributed by atoms with Crippen molar-refractivity contribution in [1.29, 1.82) is 0 Å². The molecule has 3 aromatic carbocycles. The Hall–Kier alpha value is -4.39. The standard InChI is InChI=1S/C27H29N3O4S.C2HF3O2/c31-26(28-18-15-21-7-3-1-4-8-21)22-16-19-30(20-17-22)27(32)23-11-13-24(14-12-23)29-35(33,34)25-9-5-2-6-10-25;3-2(4,5)1(6)7/h1-14,22,29H,15-20H2,(H,28,31);(H,6,7). The van der Waals surface area contributed by atoms with Gasteiger partial charge >= 0.3 is 12.1 Å². The normalized spacial score (nSPS) is 13.8. The summed E-state index contributed by atoms with van der Waals surface area (Å²) in [6, 6.07) is 24.5. The molecule has 9 nitrogen and oxygen atoms in total. The fraction of sp³-hybridized carbons (Fsp3) is 0.276. The number of carbonyl (C=O) groups is 3. The summed E-state index contributed by atoms with van der Waals surface area (Å²) in [5.74, 6) is -2.93. The highest BCUT2D eigenvalue weighted by Crippen LogP contribution is 2.21. The summed E-state index contributed by atoms with van der Waals surface area (Å²) in [6.07, 6.45) is -3.04. The van der Waals surface area contributed by atoms with Crippen LogP contribution in [0.4, 0.5) is 18.9 Å². The molecule has 3 aromatic rings. The second-order valence-electron chi connectivity index (χ2n) is 9.39. The molecule has 1 heterocycles. The van der Waals surface area contributed by atoms with E-state index in [9.17, 15) is 31.2 Å². The number of piperidine rings is 1. The number of hydrogen-bond donors (Lipinski definition) is 3. The number of rotatable bonds is 8. The van der Waals surface area contributed by atoms with E-state index >= 15 is 0 Å². The number of alkyl halides is 3. The van der Waals surface area contributed by atoms with Crippen molar-refractivity contribution in [2.45, 2.75) is 30.3 Å². The van der Waals surface area contributed by atoms with Crippen molar-refractivity contribution >= 4 is 33.5 Å². The minimum absolute atomic E-state index is 0.0445. The lowest BCUT2D eigenvalue weighted by molar-refractivity contribution is -0.192. The Balaban J connectivity index is 0.000000616. The van der Waals surface area contributed by atoms with Gasteiger partial charge in [-0.3, -0.25) is 14.3 Å². The number of likely N-dealkylation sites (tertiary alicyclic amines) is 1. The van der Waals surface area contributed by atoms with E-state index < -0.39 is 22.2 Å². The van der Waals surface area contributed by atoms with Gasteiger partial charge in [0.15, 0.2) is 0 Å². The van der Waals surface area contributed by atoms with Gasteiger partial charge in [0.25, 0.3) is 15.9 Å². The van der Waals surface area contributed by atoms with Gasteiger partial charge in [-0.05, 0) is 61.2 Å². The third-order valence-corrected chi connectivity index (χ3v) is 7.79. The van der Waals surface area contributed by atoms with Crippen LogP contribution < -0.4 is 10.0 Å². The molecule has 0 atom stereocenters. The first kappa shape index (κ1) is 32.1. The van der Waals surface area contributed by atoms with Gasteiger partial charge in [0.1, 0.15) is 0 Å². The minimum atomic E-state index is -5.08. The Labute approximate surface area is 241 Å². The van der Waals surface area contributed by atoms with Crippen molar-refractivity contribution < 1.29 is 41.1 Å². The van der Waals surface area contributed by atoms with Gasteiger partial charge in [-0.2, -0.15) is 13.2 Å². The fourth-order valence-corrected chi connectivity index (χ4v) is 5.22. The van der Waals surface area contributed by atoms with Crippen LogP contribution in [0.5, 0.6) is 0 Å². The van der Waals surface area contributed by atoms with Crippen LogP contribution in [0.3, 0.4) is 0 Å². The molecule has 42 heavy (non-hydrogen) atoms. The lowest BCUT2D eigenvalue weighted by atomic mass is 9.95. The average Bonchev–Trinajstić information content (AvgIpc) is 2.98. The second-order valence-corrected chi connectivity index (χ2v) is 11.1. The summed E-state index contributed by atoms with van der Waals surface area (Å²) in [6.45, 7) is 1.62. The predicted molar refractivity (Wildman–Crippen MR) is 149 cm³/mol. The lowest BCUT2D eigenvalue weighted by Gasteiger charge is -2.31. The second kappa shape index (κ2) is 14.5. The summed E-state index contributed by atoms with van der Waals surface area (Å²) in [5, 5.41) is 10.1. The number of amides is 2. The molecule has 0 aliphatic carbocycles. The van der Waals surface area contributed by atoms with E-state index in [1.54, 1.807) is 47.4 Å². The molecule has 0 radical (unpaired) electrons. The monoisotopic (exact) mass is 605 g/mol. The van der Waals surface area contributed by atoms with Crippen LogP contribution in [0.1, 0.15) is 28.8 Å². The predicted octanol–water partition coefficient (Wildman–Crippen LogP) is 4.33. The Morgan fingerprint density at radius 3 is 1.90 bits per heavy atom. The Morgan fingerprint density at radius 2 is 1.38 bits per heavy atom. The van der Waals surface area contributed by atoms with Crippen molar-refractivity contribution in [3.8, 4) is 0 Å². The zero-order chi connectivity index (χ0) is 30.8. The van der Waals surface area contributed by atoms with E-state index in [1.165, 1.54) is 17.7 Å². The lowest BCUT2D eigenvalue weighted by Crippen LogP contribution is -2.43. The molecule has 224 valence electrons. The zero-order valence-electron chi connectivity index (χ0n) is 22.4. The van der Waals surface area contributed by atoms with Gasteiger partial charge < -0.3 is 15.3 Å². The largest absolute Gasteiger partial charge is 0.490 e. The Bertz CT molecular complexity index is 1440. The number of carboxylic acid groups (broad SMARTS) is 1. The van der Waals surface area contributed by atoms with E-state index in [-0.39, 0.29) is 22.6 Å². The summed E-state index contributed by atoms with van der Waals surface area (Å²) >= 11 is 0. The quantitative estimate of drug-likeness (QED) is 0.350. The van der Waals surface area contributed by atoms with Gasteiger partial charge in [0.2, 0.25) is 5.91 Å². The topological polar surface area (TPSA) is 133 Å². The molecule has 0 saturated carbocycles. The third-order valence-electron chi connectivity index (χ3n) is 6.39. The molecule has 0 aromatic heterocycles. The van der Waals surface area contributed by atoms with Gasteiger partial charge in [0.05, 0.1) is 4.90 Å². The van der Waals surface area contributed by atoms with Crippen LogP contribution in [0, 0.1) is 5.92 Å². The molecular weight excluding hydrogens is 575 g/mol. The molecule has 1 aliphatic heterocycles. The first-order chi connectivity index (χ1) is 19.9. The smallest absolute Gasteiger partial charge is 0.475 e. The minimum Gasteiger partial charge on any atom is -0.475 e. The number of nitrogens with zero attached hydrogens (tertiary/aromatic N) is 1. The third kappa shape index (κ3) is 9.61. The fourth-order valence-electron chi connectivity index (χ4n) is 4.14. The van der Waals surface area contributed by atoms with Crippen LogP contribution >= 0.6 is 0 Å². The number of sulfonamides is 1. The van der Waals surface area contributed by atoms with Crippen molar-refractivity contribution in [2.75, 3.05) is 24.4 Å². The molecule has 2 amide bonds. The first-order valence-corrected chi connectivity index (χ1v) is 14.4. The van der Waals surface area contributed by atoms with Crippen LogP contribution in [-0.4, -0.2) is 62.0 Å². The number of nitrogens with one attached hydrogen (secondary N) is 2. The number of aliphatic carboxylic acids is 1. The van der Waals surface area contributed by atoms with E-state index in [2.05, 4.69) is 10.0 Å². The van der Waals surface area contributed by atoms with Crippen molar-refractivity contribution in [2.24, 2.45) is 5.92 Å². The summed E-state index contributed by atoms with van der Waals surface area (Å²) in [7, 11) is -3.69. The highest BCUT2D eigenvalue weighted by atomic mass is 32.2. The van der Waals surface area contributed by atoms with Crippen LogP contribution in [0.15, 0.2) is 89.8 Å². The molecule has 1 aliphatic rings. The van der Waals surface area contributed by atoms with Crippen LogP contribution in [0.25, 0.3) is 0 Å². The molecule has 0 spiro atoms. The van der Waals surface area contributed by atoms with Gasteiger partial charge in [0, 0.05) is 36.8 Å². The average molecular weight is 606 g/mol. The van der Waals surface area contributed by atoms with E-state index in [0.29, 0.717) is 43.7 Å². The van der Waals surface area contributed by atoms with E-state index in [1.807, 2.05) is 30.3 Å². The molecule has 13 heteroatoms. The van der Waals surface area contributed by atoms with Gasteiger partial charge in [-0.1, -0.05) is 48.5 Å². The number of carboxylic acids is 1. The van der Waals surface area contributed by atoms with Crippen LogP contribution in [-0.2, 0) is 26.0 Å². The SMILES string of the molecule is O=C(NCCc1ccccc1)C1CCN(C(=O)c2ccc(NS(=O)(=O)c3ccccc3)cc2)CC1.O=C(O)C(F)(F)F. The molecule has 1 saturated heterocycles. The number of carbonyl (C=O) groups excluding carboxylic acids is 2. The van der Waals surface area contributed by atoms with Crippen LogP contribution in [0.2, 0.25) is 0 Å². The first-order valence-electron chi connectivity index (χ1n) is 13.0. The maximum atomic E-state index is 12.9. The summed E-state index contributed by atoms with van der Waals surface area (Å²) in [4.78, 5) is 36.2. The Kier molecular flexibility index (Phi) is 11.1. The molecule has 0 unspecified atom stereocenters. The van der Waals surface area contributed by atoms with Gasteiger partial charge in [-0.25, -0.2) is 13.2 Å². The molecule has 1 fully saturated rings.